The van der Waals surface area contributed by atoms with E-state index in [-0.39, 0.29) is 11.9 Å². The third-order valence-electron chi connectivity index (χ3n) is 3.35. The Bertz CT molecular complexity index is 568. The van der Waals surface area contributed by atoms with Crippen LogP contribution in [-0.2, 0) is 6.42 Å². The van der Waals surface area contributed by atoms with E-state index in [0.717, 1.165) is 10.0 Å². The van der Waals surface area contributed by atoms with Gasteiger partial charge in [-0.25, -0.2) is 4.39 Å². The lowest BCUT2D eigenvalue weighted by molar-refractivity contribution is 0.552. The molecule has 0 aromatic heterocycles. The number of rotatable bonds is 4. The number of aryl methyl sites for hydroxylation is 1. The molecule has 0 heterocycles. The number of halogens is 2. The minimum atomic E-state index is -0.143. The highest BCUT2D eigenvalue weighted by molar-refractivity contribution is 9.10. The molecule has 0 saturated carbocycles. The minimum absolute atomic E-state index is 0.106. The Morgan fingerprint density at radius 3 is 2.63 bits per heavy atom. The maximum absolute atomic E-state index is 13.7. The van der Waals surface area contributed by atoms with Gasteiger partial charge in [0.1, 0.15) is 5.82 Å². The average Bonchev–Trinajstić information content (AvgIpc) is 2.41. The van der Waals surface area contributed by atoms with Crippen molar-refractivity contribution < 1.29 is 4.39 Å². The van der Waals surface area contributed by atoms with Crippen molar-refractivity contribution in [1.29, 1.82) is 0 Å². The average molecular weight is 322 g/mol. The highest BCUT2D eigenvalue weighted by Crippen LogP contribution is 2.25. The van der Waals surface area contributed by atoms with Crippen LogP contribution in [0.5, 0.6) is 0 Å². The van der Waals surface area contributed by atoms with Gasteiger partial charge in [-0.2, -0.15) is 0 Å². The summed E-state index contributed by atoms with van der Waals surface area (Å²) < 4.78 is 14.8. The van der Waals surface area contributed by atoms with Gasteiger partial charge in [0.2, 0.25) is 0 Å². The summed E-state index contributed by atoms with van der Waals surface area (Å²) in [6.07, 6.45) is 0.639. The summed E-state index contributed by atoms with van der Waals surface area (Å²) in [6.45, 7) is 2.08. The molecule has 2 aromatic carbocycles. The lowest BCUT2D eigenvalue weighted by Gasteiger charge is -2.19. The number of hydrogen-bond acceptors (Lipinski definition) is 1. The standard InChI is InChI=1S/C16H17BrFN/c1-11-7-8-13(17)10-14(11)16(19-2)9-12-5-3-4-6-15(12)18/h3-8,10,16,19H,9H2,1-2H3. The highest BCUT2D eigenvalue weighted by atomic mass is 79.9. The van der Waals surface area contributed by atoms with Gasteiger partial charge in [-0.1, -0.05) is 40.2 Å². The molecule has 19 heavy (non-hydrogen) atoms. The summed E-state index contributed by atoms with van der Waals surface area (Å²) in [6, 6.07) is 13.2. The van der Waals surface area contributed by atoms with Crippen molar-refractivity contribution in [2.24, 2.45) is 0 Å². The largest absolute Gasteiger partial charge is 0.313 e. The van der Waals surface area contributed by atoms with Crippen molar-refractivity contribution in [3.63, 3.8) is 0 Å². The molecule has 2 rings (SSSR count). The molecular weight excluding hydrogens is 305 g/mol. The van der Waals surface area contributed by atoms with Crippen LogP contribution in [0.1, 0.15) is 22.7 Å². The van der Waals surface area contributed by atoms with Gasteiger partial charge in [-0.15, -0.1) is 0 Å². The van der Waals surface area contributed by atoms with Crippen molar-refractivity contribution in [3.05, 3.63) is 69.4 Å². The first kappa shape index (κ1) is 14.2. The molecule has 0 aliphatic rings. The van der Waals surface area contributed by atoms with Gasteiger partial charge in [0.25, 0.3) is 0 Å². The van der Waals surface area contributed by atoms with Crippen molar-refractivity contribution in [3.8, 4) is 0 Å². The quantitative estimate of drug-likeness (QED) is 0.880. The molecule has 0 fully saturated rings. The molecule has 100 valence electrons. The second-order valence-corrected chi connectivity index (χ2v) is 5.55. The zero-order chi connectivity index (χ0) is 13.8. The topological polar surface area (TPSA) is 12.0 Å². The molecule has 0 aliphatic heterocycles. The van der Waals surface area contributed by atoms with Crippen LogP contribution in [0.25, 0.3) is 0 Å². The van der Waals surface area contributed by atoms with Gasteiger partial charge in [0.05, 0.1) is 0 Å². The van der Waals surface area contributed by atoms with Crippen LogP contribution in [0.2, 0.25) is 0 Å². The molecule has 1 N–H and O–H groups in total. The van der Waals surface area contributed by atoms with Gasteiger partial charge in [0.15, 0.2) is 0 Å². The lowest BCUT2D eigenvalue weighted by Crippen LogP contribution is -2.20. The van der Waals surface area contributed by atoms with E-state index in [1.807, 2.05) is 25.2 Å². The smallest absolute Gasteiger partial charge is 0.126 e. The fraction of sp³-hybridized carbons (Fsp3) is 0.250. The van der Waals surface area contributed by atoms with Gasteiger partial charge >= 0.3 is 0 Å². The first-order valence-electron chi connectivity index (χ1n) is 6.28. The molecule has 1 unspecified atom stereocenters. The van der Waals surface area contributed by atoms with Crippen LogP contribution < -0.4 is 5.32 Å². The zero-order valence-corrected chi connectivity index (χ0v) is 12.7. The van der Waals surface area contributed by atoms with Crippen LogP contribution in [0, 0.1) is 12.7 Å². The zero-order valence-electron chi connectivity index (χ0n) is 11.1. The Labute approximate surface area is 122 Å². The molecule has 3 heteroatoms. The van der Waals surface area contributed by atoms with Gasteiger partial charge < -0.3 is 5.32 Å². The summed E-state index contributed by atoms with van der Waals surface area (Å²) in [5.41, 5.74) is 3.14. The van der Waals surface area contributed by atoms with Crippen LogP contribution >= 0.6 is 15.9 Å². The maximum Gasteiger partial charge on any atom is 0.126 e. The lowest BCUT2D eigenvalue weighted by atomic mass is 9.95. The van der Waals surface area contributed by atoms with E-state index in [2.05, 4.69) is 40.3 Å². The fourth-order valence-electron chi connectivity index (χ4n) is 2.24. The number of likely N-dealkylation sites (N-methyl/N-ethyl adjacent to an activating group) is 1. The molecule has 1 nitrogen and oxygen atoms in total. The van der Waals surface area contributed by atoms with E-state index in [9.17, 15) is 4.39 Å². The Kier molecular flexibility index (Phi) is 4.72. The number of nitrogens with one attached hydrogen (secondary N) is 1. The van der Waals surface area contributed by atoms with E-state index in [0.29, 0.717) is 6.42 Å². The maximum atomic E-state index is 13.7. The summed E-state index contributed by atoms with van der Waals surface area (Å²) in [5, 5.41) is 3.27. The van der Waals surface area contributed by atoms with Crippen molar-refractivity contribution in [1.82, 2.24) is 5.32 Å². The molecule has 0 aliphatic carbocycles. The van der Waals surface area contributed by atoms with Crippen molar-refractivity contribution in [2.45, 2.75) is 19.4 Å². The first-order valence-corrected chi connectivity index (χ1v) is 7.08. The second-order valence-electron chi connectivity index (χ2n) is 4.64. The molecule has 0 bridgehead atoms. The predicted octanol–water partition coefficient (Wildman–Crippen LogP) is 4.40. The van der Waals surface area contributed by atoms with Crippen LogP contribution in [0.15, 0.2) is 46.9 Å². The molecular formula is C16H17BrFN. The summed E-state index contributed by atoms with van der Waals surface area (Å²) >= 11 is 3.49. The molecule has 0 amide bonds. The van der Waals surface area contributed by atoms with Crippen LogP contribution in [0.3, 0.4) is 0 Å². The molecule has 1 atom stereocenters. The highest BCUT2D eigenvalue weighted by Gasteiger charge is 2.14. The number of hydrogen-bond donors (Lipinski definition) is 1. The third-order valence-corrected chi connectivity index (χ3v) is 3.84. The third kappa shape index (κ3) is 3.43. The summed E-state index contributed by atoms with van der Waals surface area (Å²) in [5.74, 6) is -0.143. The molecule has 0 radical (unpaired) electrons. The van der Waals surface area contributed by atoms with E-state index in [1.165, 1.54) is 17.2 Å². The fourth-order valence-corrected chi connectivity index (χ4v) is 2.62. The van der Waals surface area contributed by atoms with Gasteiger partial charge in [0, 0.05) is 10.5 Å². The van der Waals surface area contributed by atoms with Crippen LogP contribution in [-0.4, -0.2) is 7.05 Å². The molecule has 2 aromatic rings. The molecule has 0 spiro atoms. The molecule has 0 saturated heterocycles. The van der Waals surface area contributed by atoms with E-state index in [4.69, 9.17) is 0 Å². The summed E-state index contributed by atoms with van der Waals surface area (Å²) in [7, 11) is 1.91. The van der Waals surface area contributed by atoms with Gasteiger partial charge in [-0.3, -0.25) is 0 Å². The predicted molar refractivity (Wildman–Crippen MR) is 80.8 cm³/mol. The van der Waals surface area contributed by atoms with E-state index >= 15 is 0 Å². The SMILES string of the molecule is CNC(Cc1ccccc1F)c1cc(Br)ccc1C. The Balaban J connectivity index is 2.30. The monoisotopic (exact) mass is 321 g/mol. The van der Waals surface area contributed by atoms with E-state index < -0.39 is 0 Å². The Morgan fingerprint density at radius 2 is 1.95 bits per heavy atom. The van der Waals surface area contributed by atoms with Gasteiger partial charge in [-0.05, 0) is 55.3 Å². The van der Waals surface area contributed by atoms with Crippen LogP contribution in [0.4, 0.5) is 4.39 Å². The van der Waals surface area contributed by atoms with Crippen molar-refractivity contribution in [2.75, 3.05) is 7.05 Å². The Morgan fingerprint density at radius 1 is 1.21 bits per heavy atom. The minimum Gasteiger partial charge on any atom is -0.313 e. The first-order chi connectivity index (χ1) is 9.11. The number of benzene rings is 2. The normalized spacial score (nSPS) is 12.4. The van der Waals surface area contributed by atoms with E-state index in [1.54, 1.807) is 6.07 Å². The summed E-state index contributed by atoms with van der Waals surface area (Å²) in [4.78, 5) is 0. The van der Waals surface area contributed by atoms with Crippen molar-refractivity contribution >= 4 is 15.9 Å². The Hall–Kier alpha value is -1.19. The second kappa shape index (κ2) is 6.31.